The molecular weight excluding hydrogens is 450 g/mol. The third-order valence-corrected chi connectivity index (χ3v) is 7.13. The third kappa shape index (κ3) is 4.47. The highest BCUT2D eigenvalue weighted by atomic mass is 19.4. The molecule has 1 unspecified atom stereocenters. The molecule has 2 aromatic carbocycles. The molecule has 0 N–H and O–H groups in total. The second-order valence-corrected chi connectivity index (χ2v) is 9.01. The number of carbonyl (C=O) groups excluding carboxylic acids is 1. The van der Waals surface area contributed by atoms with Crippen molar-refractivity contribution in [3.05, 3.63) is 65.0 Å². The number of ether oxygens (including phenoxy) is 1. The van der Waals surface area contributed by atoms with Crippen LogP contribution in [-0.2, 0) is 10.9 Å². The summed E-state index contributed by atoms with van der Waals surface area (Å²) in [4.78, 5) is 16.6. The fourth-order valence-electron chi connectivity index (χ4n) is 5.26. The lowest BCUT2D eigenvalue weighted by Crippen LogP contribution is -2.45. The number of rotatable bonds is 4. The first kappa shape index (κ1) is 24.0. The zero-order valence-electron chi connectivity index (χ0n) is 18.7. The zero-order valence-corrected chi connectivity index (χ0v) is 18.7. The third-order valence-electron chi connectivity index (χ3n) is 7.13. The summed E-state index contributed by atoms with van der Waals surface area (Å²) in [5, 5.41) is 9.04. The summed E-state index contributed by atoms with van der Waals surface area (Å²) < 4.78 is 59.8. The quantitative estimate of drug-likeness (QED) is 0.601. The molecule has 0 radical (unpaired) electrons. The van der Waals surface area contributed by atoms with Crippen LogP contribution in [-0.4, -0.2) is 50.7 Å². The molecule has 2 aromatic rings. The van der Waals surface area contributed by atoms with Crippen LogP contribution < -0.4 is 4.90 Å². The molecule has 2 aliphatic rings. The minimum absolute atomic E-state index is 0.0328. The highest BCUT2D eigenvalue weighted by Crippen LogP contribution is 2.46. The average molecular weight is 475 g/mol. The molecule has 0 saturated carbocycles. The van der Waals surface area contributed by atoms with Gasteiger partial charge in [0.2, 0.25) is 0 Å². The van der Waals surface area contributed by atoms with Gasteiger partial charge in [0.15, 0.2) is 0 Å². The van der Waals surface area contributed by atoms with Crippen molar-refractivity contribution in [3.63, 3.8) is 0 Å². The molecule has 0 bridgehead atoms. The van der Waals surface area contributed by atoms with Crippen molar-refractivity contribution in [2.45, 2.75) is 19.0 Å². The van der Waals surface area contributed by atoms with Crippen LogP contribution in [0, 0.1) is 28.5 Å². The summed E-state index contributed by atoms with van der Waals surface area (Å²) in [6.07, 6.45) is -3.30. The summed E-state index contributed by atoms with van der Waals surface area (Å²) in [6.45, 7) is 2.34. The van der Waals surface area contributed by atoms with Crippen LogP contribution in [0.2, 0.25) is 0 Å². The molecule has 2 aliphatic heterocycles. The number of halogens is 4. The summed E-state index contributed by atoms with van der Waals surface area (Å²) in [5.41, 5.74) is -1.14. The standard InChI is InChI=1S/C25H25F4N3O2/c1-34-15-18-14-32(23(33)20-4-2-3-5-22(20)26)16-24(18)8-10-31(11-9-24)19-7-6-17(13-30)21(12-19)25(27,28)29/h2-7,12,18H,8-11,14-16H2,1H3. The predicted octanol–water partition coefficient (Wildman–Crippen LogP) is 4.72. The maximum absolute atomic E-state index is 14.2. The maximum Gasteiger partial charge on any atom is 0.417 e. The van der Waals surface area contributed by atoms with E-state index < -0.39 is 23.1 Å². The molecule has 1 amide bonds. The highest BCUT2D eigenvalue weighted by Gasteiger charge is 2.49. The lowest BCUT2D eigenvalue weighted by atomic mass is 9.71. The molecule has 1 spiro atoms. The number of piperidine rings is 1. The molecule has 4 rings (SSSR count). The molecule has 0 aromatic heterocycles. The van der Waals surface area contributed by atoms with Crippen molar-refractivity contribution in [2.75, 3.05) is 44.8 Å². The fourth-order valence-corrected chi connectivity index (χ4v) is 5.26. The van der Waals surface area contributed by atoms with E-state index in [-0.39, 0.29) is 22.8 Å². The predicted molar refractivity (Wildman–Crippen MR) is 118 cm³/mol. The van der Waals surface area contributed by atoms with Crippen molar-refractivity contribution in [3.8, 4) is 6.07 Å². The smallest absolute Gasteiger partial charge is 0.384 e. The summed E-state index contributed by atoms with van der Waals surface area (Å²) in [5.74, 6) is -0.879. The van der Waals surface area contributed by atoms with E-state index >= 15 is 0 Å². The first-order valence-corrected chi connectivity index (χ1v) is 11.1. The number of hydrogen-bond acceptors (Lipinski definition) is 4. The molecule has 180 valence electrons. The van der Waals surface area contributed by atoms with Gasteiger partial charge in [-0.3, -0.25) is 4.79 Å². The number of hydrogen-bond donors (Lipinski definition) is 0. The maximum atomic E-state index is 14.2. The van der Waals surface area contributed by atoms with Gasteiger partial charge in [-0.25, -0.2) is 4.39 Å². The van der Waals surface area contributed by atoms with Gasteiger partial charge in [-0.05, 0) is 48.6 Å². The minimum Gasteiger partial charge on any atom is -0.384 e. The number of carbonyl (C=O) groups is 1. The second kappa shape index (κ2) is 9.26. The van der Waals surface area contributed by atoms with Gasteiger partial charge in [0.05, 0.1) is 29.4 Å². The van der Waals surface area contributed by atoms with Crippen molar-refractivity contribution < 1.29 is 27.1 Å². The van der Waals surface area contributed by atoms with Gasteiger partial charge in [0.1, 0.15) is 5.82 Å². The van der Waals surface area contributed by atoms with Gasteiger partial charge in [0.25, 0.3) is 5.91 Å². The number of likely N-dealkylation sites (tertiary alicyclic amines) is 1. The SMILES string of the molecule is COCC1CN(C(=O)c2ccccc2F)CC12CCN(c1ccc(C#N)c(C(F)(F)F)c1)CC2. The van der Waals surface area contributed by atoms with Gasteiger partial charge < -0.3 is 14.5 Å². The molecule has 0 aliphatic carbocycles. The van der Waals surface area contributed by atoms with Crippen LogP contribution in [0.15, 0.2) is 42.5 Å². The number of nitrogens with zero attached hydrogens (tertiary/aromatic N) is 3. The number of benzene rings is 2. The number of amides is 1. The molecule has 34 heavy (non-hydrogen) atoms. The van der Waals surface area contributed by atoms with Crippen molar-refractivity contribution in [2.24, 2.45) is 11.3 Å². The Morgan fingerprint density at radius 3 is 2.53 bits per heavy atom. The molecule has 2 saturated heterocycles. The molecule has 5 nitrogen and oxygen atoms in total. The first-order valence-electron chi connectivity index (χ1n) is 11.1. The Morgan fingerprint density at radius 1 is 1.21 bits per heavy atom. The molecule has 1 atom stereocenters. The molecule has 2 heterocycles. The van der Waals surface area contributed by atoms with E-state index in [9.17, 15) is 22.4 Å². The minimum atomic E-state index is -4.61. The van der Waals surface area contributed by atoms with Gasteiger partial charge in [0, 0.05) is 44.9 Å². The first-order chi connectivity index (χ1) is 16.2. The lowest BCUT2D eigenvalue weighted by Gasteiger charge is -2.43. The second-order valence-electron chi connectivity index (χ2n) is 9.01. The van der Waals surface area contributed by atoms with E-state index in [2.05, 4.69) is 0 Å². The van der Waals surface area contributed by atoms with Crippen LogP contribution >= 0.6 is 0 Å². The Morgan fingerprint density at radius 2 is 1.91 bits per heavy atom. The van der Waals surface area contributed by atoms with Crippen LogP contribution in [0.5, 0.6) is 0 Å². The van der Waals surface area contributed by atoms with E-state index in [1.807, 2.05) is 4.90 Å². The van der Waals surface area contributed by atoms with Crippen LogP contribution in [0.25, 0.3) is 0 Å². The van der Waals surface area contributed by atoms with Crippen LogP contribution in [0.4, 0.5) is 23.2 Å². The topological polar surface area (TPSA) is 56.6 Å². The molecule has 2 fully saturated rings. The van der Waals surface area contributed by atoms with Crippen LogP contribution in [0.3, 0.4) is 0 Å². The number of alkyl halides is 3. The number of anilines is 1. The lowest BCUT2D eigenvalue weighted by molar-refractivity contribution is -0.137. The van der Waals surface area contributed by atoms with Crippen LogP contribution in [0.1, 0.15) is 34.3 Å². The van der Waals surface area contributed by atoms with Gasteiger partial charge in [-0.1, -0.05) is 12.1 Å². The zero-order chi connectivity index (χ0) is 24.5. The van der Waals surface area contributed by atoms with Crippen molar-refractivity contribution >= 4 is 11.6 Å². The van der Waals surface area contributed by atoms with Gasteiger partial charge in [-0.15, -0.1) is 0 Å². The largest absolute Gasteiger partial charge is 0.417 e. The highest BCUT2D eigenvalue weighted by molar-refractivity contribution is 5.94. The Balaban J connectivity index is 1.52. The summed E-state index contributed by atoms with van der Waals surface area (Å²) in [6, 6.07) is 11.3. The number of nitriles is 1. The fraction of sp³-hybridized carbons (Fsp3) is 0.440. The van der Waals surface area contributed by atoms with Gasteiger partial charge in [-0.2, -0.15) is 18.4 Å². The Bertz CT molecular complexity index is 1100. The molecular formula is C25H25F4N3O2. The van der Waals surface area contributed by atoms with E-state index in [0.29, 0.717) is 51.3 Å². The van der Waals surface area contributed by atoms with E-state index in [1.165, 1.54) is 24.3 Å². The summed E-state index contributed by atoms with van der Waals surface area (Å²) >= 11 is 0. The Labute approximate surface area is 195 Å². The van der Waals surface area contributed by atoms with E-state index in [0.717, 1.165) is 6.07 Å². The average Bonchev–Trinajstić information content (AvgIpc) is 3.16. The van der Waals surface area contributed by atoms with Crippen molar-refractivity contribution in [1.29, 1.82) is 5.26 Å². The van der Waals surface area contributed by atoms with Crippen molar-refractivity contribution in [1.82, 2.24) is 4.90 Å². The van der Waals surface area contributed by atoms with E-state index in [1.54, 1.807) is 30.2 Å². The normalized spacial score (nSPS) is 19.9. The van der Waals surface area contributed by atoms with Gasteiger partial charge >= 0.3 is 6.18 Å². The summed E-state index contributed by atoms with van der Waals surface area (Å²) in [7, 11) is 1.60. The van der Waals surface area contributed by atoms with E-state index in [4.69, 9.17) is 10.00 Å². The monoisotopic (exact) mass is 475 g/mol. The molecule has 9 heteroatoms. The Kier molecular flexibility index (Phi) is 6.54. The Hall–Kier alpha value is -3.12. The number of methoxy groups -OCH3 is 1.